The Morgan fingerprint density at radius 1 is 1.36 bits per heavy atom. The largest absolute Gasteiger partial charge is 0.492 e. The van der Waals surface area contributed by atoms with Gasteiger partial charge in [0.05, 0.1) is 30.2 Å². The standard InChI is InChI=1S/C17H15ClFN3O3/c1-9-10(5-4-8-20)14(17(23)25-3)22-16(21-9)11-6-7-12(18)15(24-2)13(11)19/h4-8H,1,20H2,2-3H3/b8-4-,10-5+. The Kier molecular flexibility index (Phi) is 5.71. The molecule has 2 aromatic rings. The van der Waals surface area contributed by atoms with Crippen molar-refractivity contribution < 1.29 is 18.7 Å². The molecular formula is C17H15ClFN3O3. The van der Waals surface area contributed by atoms with Crippen molar-refractivity contribution in [1.82, 2.24) is 9.97 Å². The number of rotatable bonds is 4. The second-order valence-electron chi connectivity index (χ2n) is 4.74. The number of benzene rings is 1. The van der Waals surface area contributed by atoms with Crippen LogP contribution < -0.4 is 21.0 Å². The summed E-state index contributed by atoms with van der Waals surface area (Å²) in [5.74, 6) is -1.66. The quantitative estimate of drug-likeness (QED) is 0.826. The second-order valence-corrected chi connectivity index (χ2v) is 5.15. The molecule has 0 saturated heterocycles. The van der Waals surface area contributed by atoms with Crippen molar-refractivity contribution in [2.24, 2.45) is 5.73 Å². The fraction of sp³-hybridized carbons (Fsp3) is 0.118. The second kappa shape index (κ2) is 7.76. The topological polar surface area (TPSA) is 87.3 Å². The molecular weight excluding hydrogens is 349 g/mol. The molecule has 2 N–H and O–H groups in total. The van der Waals surface area contributed by atoms with Gasteiger partial charge in [-0.3, -0.25) is 0 Å². The Balaban J connectivity index is 2.80. The van der Waals surface area contributed by atoms with Crippen molar-refractivity contribution in [2.75, 3.05) is 14.2 Å². The maximum Gasteiger partial charge on any atom is 0.357 e. The Hall–Kier alpha value is -2.93. The number of nitrogens with zero attached hydrogens (tertiary/aromatic N) is 2. The van der Waals surface area contributed by atoms with E-state index in [0.717, 1.165) is 0 Å². The lowest BCUT2D eigenvalue weighted by molar-refractivity contribution is 0.0592. The first-order chi connectivity index (χ1) is 11.9. The van der Waals surface area contributed by atoms with E-state index in [1.165, 1.54) is 44.7 Å². The number of aromatic nitrogens is 2. The molecule has 0 aliphatic carbocycles. The molecule has 0 radical (unpaired) electrons. The van der Waals surface area contributed by atoms with E-state index in [4.69, 9.17) is 26.8 Å². The van der Waals surface area contributed by atoms with Gasteiger partial charge in [-0.15, -0.1) is 0 Å². The molecule has 1 aromatic carbocycles. The van der Waals surface area contributed by atoms with Gasteiger partial charge in [-0.05, 0) is 30.5 Å². The van der Waals surface area contributed by atoms with Crippen LogP contribution in [0.15, 0.2) is 24.4 Å². The Bertz CT molecular complexity index is 961. The summed E-state index contributed by atoms with van der Waals surface area (Å²) in [5, 5.41) is 0.625. The van der Waals surface area contributed by atoms with Crippen LogP contribution in [0.2, 0.25) is 5.02 Å². The molecule has 25 heavy (non-hydrogen) atoms. The van der Waals surface area contributed by atoms with Gasteiger partial charge in [-0.25, -0.2) is 19.2 Å². The molecule has 2 rings (SSSR count). The number of carbonyl (C=O) groups is 1. The highest BCUT2D eigenvalue weighted by molar-refractivity contribution is 6.32. The molecule has 0 bridgehead atoms. The smallest absolute Gasteiger partial charge is 0.357 e. The normalized spacial score (nSPS) is 11.8. The molecule has 1 aromatic heterocycles. The summed E-state index contributed by atoms with van der Waals surface area (Å²) < 4.78 is 24.3. The average Bonchev–Trinajstić information content (AvgIpc) is 2.60. The van der Waals surface area contributed by atoms with E-state index in [9.17, 15) is 9.18 Å². The third-order valence-corrected chi connectivity index (χ3v) is 3.57. The van der Waals surface area contributed by atoms with Gasteiger partial charge in [0.25, 0.3) is 0 Å². The number of carbonyl (C=O) groups excluding carboxylic acids is 1. The number of hydrogen-bond acceptors (Lipinski definition) is 6. The van der Waals surface area contributed by atoms with E-state index >= 15 is 0 Å². The first-order valence-electron chi connectivity index (χ1n) is 7.00. The van der Waals surface area contributed by atoms with Crippen molar-refractivity contribution in [2.45, 2.75) is 0 Å². The molecule has 0 aliphatic rings. The van der Waals surface area contributed by atoms with E-state index in [1.807, 2.05) is 0 Å². The number of nitrogens with two attached hydrogens (primary N) is 1. The Morgan fingerprint density at radius 2 is 2.08 bits per heavy atom. The Morgan fingerprint density at radius 3 is 2.68 bits per heavy atom. The minimum atomic E-state index is -0.746. The van der Waals surface area contributed by atoms with Crippen LogP contribution in [-0.2, 0) is 4.74 Å². The number of ether oxygens (including phenoxy) is 2. The molecule has 0 saturated carbocycles. The molecule has 0 fully saturated rings. The molecule has 8 heteroatoms. The van der Waals surface area contributed by atoms with Gasteiger partial charge in [-0.2, -0.15) is 0 Å². The van der Waals surface area contributed by atoms with Gasteiger partial charge in [0.15, 0.2) is 23.1 Å². The van der Waals surface area contributed by atoms with Gasteiger partial charge >= 0.3 is 5.97 Å². The lowest BCUT2D eigenvalue weighted by Gasteiger charge is -2.09. The van der Waals surface area contributed by atoms with Crippen molar-refractivity contribution in [3.63, 3.8) is 0 Å². The predicted octanol–water partition coefficient (Wildman–Crippen LogP) is 1.39. The van der Waals surface area contributed by atoms with Crippen molar-refractivity contribution in [1.29, 1.82) is 0 Å². The van der Waals surface area contributed by atoms with E-state index in [1.54, 1.807) is 0 Å². The maximum atomic E-state index is 14.6. The number of hydrogen-bond donors (Lipinski definition) is 1. The molecule has 0 spiro atoms. The highest BCUT2D eigenvalue weighted by atomic mass is 35.5. The predicted molar refractivity (Wildman–Crippen MR) is 92.9 cm³/mol. The average molecular weight is 364 g/mol. The summed E-state index contributed by atoms with van der Waals surface area (Å²) in [6.45, 7) is 3.78. The van der Waals surface area contributed by atoms with Crippen LogP contribution >= 0.6 is 11.6 Å². The minimum Gasteiger partial charge on any atom is -0.492 e. The lowest BCUT2D eigenvalue weighted by atomic mass is 10.1. The molecule has 0 atom stereocenters. The summed E-state index contributed by atoms with van der Waals surface area (Å²) in [6, 6.07) is 2.83. The van der Waals surface area contributed by atoms with Crippen molar-refractivity contribution in [3.8, 4) is 17.1 Å². The maximum absolute atomic E-state index is 14.6. The van der Waals surface area contributed by atoms with E-state index < -0.39 is 11.8 Å². The summed E-state index contributed by atoms with van der Waals surface area (Å²) >= 11 is 5.89. The summed E-state index contributed by atoms with van der Waals surface area (Å²) in [7, 11) is 2.50. The summed E-state index contributed by atoms with van der Waals surface area (Å²) in [4.78, 5) is 20.3. The number of halogens is 2. The number of esters is 1. The molecule has 0 aliphatic heterocycles. The van der Waals surface area contributed by atoms with Crippen molar-refractivity contribution >= 4 is 30.2 Å². The third-order valence-electron chi connectivity index (χ3n) is 3.27. The first kappa shape index (κ1) is 18.4. The van der Waals surface area contributed by atoms with Gasteiger partial charge in [-0.1, -0.05) is 18.2 Å². The zero-order valence-electron chi connectivity index (χ0n) is 13.5. The monoisotopic (exact) mass is 363 g/mol. The Labute approximate surface area is 148 Å². The highest BCUT2D eigenvalue weighted by Gasteiger charge is 2.19. The van der Waals surface area contributed by atoms with Crippen LogP contribution in [-0.4, -0.2) is 30.2 Å². The molecule has 6 nitrogen and oxygen atoms in total. The van der Waals surface area contributed by atoms with Crippen LogP contribution in [0, 0.1) is 5.82 Å². The fourth-order valence-corrected chi connectivity index (χ4v) is 2.33. The number of allylic oxidation sites excluding steroid dienone is 1. The van der Waals surface area contributed by atoms with Gasteiger partial charge in [0.1, 0.15) is 0 Å². The zero-order valence-corrected chi connectivity index (χ0v) is 14.3. The van der Waals surface area contributed by atoms with Crippen LogP contribution in [0.3, 0.4) is 0 Å². The molecule has 0 amide bonds. The van der Waals surface area contributed by atoms with E-state index in [2.05, 4.69) is 16.5 Å². The van der Waals surface area contributed by atoms with Gasteiger partial charge in [0.2, 0.25) is 0 Å². The summed E-state index contributed by atoms with van der Waals surface area (Å²) in [6.07, 6.45) is 4.28. The van der Waals surface area contributed by atoms with E-state index in [0.29, 0.717) is 5.22 Å². The van der Waals surface area contributed by atoms with Crippen LogP contribution in [0.25, 0.3) is 24.0 Å². The lowest BCUT2D eigenvalue weighted by Crippen LogP contribution is -2.35. The first-order valence-corrected chi connectivity index (χ1v) is 7.38. The number of methoxy groups -OCH3 is 2. The highest BCUT2D eigenvalue weighted by Crippen LogP contribution is 2.33. The molecule has 1 heterocycles. The summed E-state index contributed by atoms with van der Waals surface area (Å²) in [5.41, 5.74) is 5.25. The van der Waals surface area contributed by atoms with Gasteiger partial charge in [0, 0.05) is 5.22 Å². The van der Waals surface area contributed by atoms with Crippen molar-refractivity contribution in [3.05, 3.63) is 51.5 Å². The van der Waals surface area contributed by atoms with Crippen LogP contribution in [0.4, 0.5) is 4.39 Å². The minimum absolute atomic E-state index is 0.0113. The fourth-order valence-electron chi connectivity index (χ4n) is 2.11. The molecule has 130 valence electrons. The SMILES string of the molecule is C=c1nc(-c2ccc(Cl)c(OC)c2F)nc(C(=O)OC)/c1=C/C=C\N. The molecule has 0 unspecified atom stereocenters. The zero-order chi connectivity index (χ0) is 18.6. The van der Waals surface area contributed by atoms with Gasteiger partial charge < -0.3 is 15.2 Å². The third kappa shape index (κ3) is 3.61. The van der Waals surface area contributed by atoms with Crippen LogP contribution in [0.5, 0.6) is 5.75 Å². The van der Waals surface area contributed by atoms with E-state index in [-0.39, 0.29) is 33.2 Å². The van der Waals surface area contributed by atoms with Crippen LogP contribution in [0.1, 0.15) is 10.5 Å².